The van der Waals surface area contributed by atoms with Gasteiger partial charge in [-0.1, -0.05) is 30.1 Å². The lowest BCUT2D eigenvalue weighted by atomic mass is 10.0. The molecule has 2 amide bonds. The number of carbonyl (C=O) groups is 2. The number of nitrogens with zero attached hydrogens (tertiary/aromatic N) is 3. The van der Waals surface area contributed by atoms with E-state index in [-0.39, 0.29) is 11.8 Å². The van der Waals surface area contributed by atoms with Crippen LogP contribution in [0.2, 0.25) is 0 Å². The van der Waals surface area contributed by atoms with Gasteiger partial charge >= 0.3 is 0 Å². The van der Waals surface area contributed by atoms with Crippen LogP contribution in [0.3, 0.4) is 0 Å². The van der Waals surface area contributed by atoms with E-state index in [0.29, 0.717) is 56.4 Å². The maximum atomic E-state index is 13.2. The Morgan fingerprint density at radius 3 is 2.42 bits per heavy atom. The number of benzene rings is 1. The van der Waals surface area contributed by atoms with Gasteiger partial charge in [-0.3, -0.25) is 9.59 Å². The Hall–Kier alpha value is -2.83. The van der Waals surface area contributed by atoms with Gasteiger partial charge in [0.1, 0.15) is 18.1 Å². The van der Waals surface area contributed by atoms with E-state index >= 15 is 0 Å². The molecule has 1 saturated carbocycles. The maximum absolute atomic E-state index is 13.2. The van der Waals surface area contributed by atoms with Crippen LogP contribution in [0.25, 0.3) is 0 Å². The molecule has 0 unspecified atom stereocenters. The normalized spacial score (nSPS) is 17.2. The number of amides is 2. The molecule has 1 saturated heterocycles. The molecule has 0 spiro atoms. The van der Waals surface area contributed by atoms with Crippen molar-refractivity contribution in [2.24, 2.45) is 5.92 Å². The quantitative estimate of drug-likeness (QED) is 0.705. The number of carbonyl (C=O) groups excluding carboxylic acids is 2. The van der Waals surface area contributed by atoms with E-state index < -0.39 is 0 Å². The number of aromatic nitrogens is 1. The summed E-state index contributed by atoms with van der Waals surface area (Å²) in [6.07, 6.45) is 5.51. The van der Waals surface area contributed by atoms with Crippen LogP contribution in [-0.4, -0.2) is 52.9 Å². The Kier molecular flexibility index (Phi) is 6.59. The van der Waals surface area contributed by atoms with Gasteiger partial charge in [0, 0.05) is 32.6 Å². The van der Waals surface area contributed by atoms with Crippen LogP contribution in [0.5, 0.6) is 5.75 Å². The second-order valence-corrected chi connectivity index (χ2v) is 8.62. The molecular formula is C24H31N3O4. The summed E-state index contributed by atoms with van der Waals surface area (Å²) in [6, 6.07) is 7.31. The van der Waals surface area contributed by atoms with Gasteiger partial charge in [0.05, 0.1) is 16.8 Å². The Morgan fingerprint density at radius 1 is 1.06 bits per heavy atom. The second-order valence-electron chi connectivity index (χ2n) is 8.62. The molecule has 7 heteroatoms. The Balaban J connectivity index is 1.35. The zero-order valence-electron chi connectivity index (χ0n) is 18.4. The molecule has 4 rings (SSSR count). The molecule has 1 aliphatic heterocycles. The largest absolute Gasteiger partial charge is 0.488 e. The maximum Gasteiger partial charge on any atom is 0.257 e. The van der Waals surface area contributed by atoms with Crippen LogP contribution in [0, 0.1) is 19.8 Å². The van der Waals surface area contributed by atoms with Crippen molar-refractivity contribution in [3.63, 3.8) is 0 Å². The summed E-state index contributed by atoms with van der Waals surface area (Å²) in [4.78, 5) is 29.5. The number of para-hydroxylation sites is 1. The first kappa shape index (κ1) is 21.4. The molecule has 2 aromatic rings. The fourth-order valence-corrected chi connectivity index (χ4v) is 4.55. The Bertz CT molecular complexity index is 905. The molecule has 1 aromatic heterocycles. The van der Waals surface area contributed by atoms with Gasteiger partial charge in [-0.2, -0.15) is 0 Å². The molecule has 166 valence electrons. The van der Waals surface area contributed by atoms with Gasteiger partial charge in [-0.05, 0) is 44.7 Å². The van der Waals surface area contributed by atoms with Crippen LogP contribution in [-0.2, 0) is 11.4 Å². The van der Waals surface area contributed by atoms with E-state index in [4.69, 9.17) is 9.26 Å². The van der Waals surface area contributed by atoms with Crippen LogP contribution >= 0.6 is 0 Å². The molecular weight excluding hydrogens is 394 g/mol. The van der Waals surface area contributed by atoms with E-state index in [1.807, 2.05) is 41.8 Å². The zero-order chi connectivity index (χ0) is 21.8. The van der Waals surface area contributed by atoms with E-state index in [1.165, 1.54) is 25.7 Å². The summed E-state index contributed by atoms with van der Waals surface area (Å²) in [7, 11) is 0. The van der Waals surface area contributed by atoms with Gasteiger partial charge < -0.3 is 19.1 Å². The third kappa shape index (κ3) is 4.92. The third-order valence-corrected chi connectivity index (χ3v) is 6.53. The highest BCUT2D eigenvalue weighted by atomic mass is 16.5. The van der Waals surface area contributed by atoms with Crippen LogP contribution in [0.4, 0.5) is 0 Å². The molecule has 7 nitrogen and oxygen atoms in total. The monoisotopic (exact) mass is 425 g/mol. The van der Waals surface area contributed by atoms with Gasteiger partial charge in [0.15, 0.2) is 0 Å². The summed E-state index contributed by atoms with van der Waals surface area (Å²) < 4.78 is 11.2. The number of ether oxygens (including phenoxy) is 1. The fourth-order valence-electron chi connectivity index (χ4n) is 4.55. The van der Waals surface area contributed by atoms with Crippen LogP contribution < -0.4 is 4.74 Å². The Labute approximate surface area is 183 Å². The van der Waals surface area contributed by atoms with Crippen molar-refractivity contribution in [2.45, 2.75) is 52.6 Å². The minimum absolute atomic E-state index is 0.0581. The lowest BCUT2D eigenvalue weighted by Gasteiger charge is -2.35. The van der Waals surface area contributed by atoms with Crippen molar-refractivity contribution in [1.82, 2.24) is 15.0 Å². The zero-order valence-corrected chi connectivity index (χ0v) is 18.4. The first-order valence-corrected chi connectivity index (χ1v) is 11.2. The summed E-state index contributed by atoms with van der Waals surface area (Å²) >= 11 is 0. The van der Waals surface area contributed by atoms with Crippen molar-refractivity contribution in [2.75, 3.05) is 26.2 Å². The van der Waals surface area contributed by atoms with Gasteiger partial charge in [0.25, 0.3) is 5.91 Å². The molecule has 0 N–H and O–H groups in total. The lowest BCUT2D eigenvalue weighted by Crippen LogP contribution is -2.50. The highest BCUT2D eigenvalue weighted by Gasteiger charge is 2.28. The highest BCUT2D eigenvalue weighted by Crippen LogP contribution is 2.28. The van der Waals surface area contributed by atoms with Crippen LogP contribution in [0.15, 0.2) is 28.8 Å². The van der Waals surface area contributed by atoms with E-state index in [0.717, 1.165) is 17.0 Å². The molecule has 2 aliphatic rings. The molecule has 2 fully saturated rings. The number of rotatable bonds is 6. The number of piperazine rings is 1. The van der Waals surface area contributed by atoms with Gasteiger partial charge in [-0.25, -0.2) is 0 Å². The summed E-state index contributed by atoms with van der Waals surface area (Å²) in [5.41, 5.74) is 2.23. The lowest BCUT2D eigenvalue weighted by molar-refractivity contribution is -0.133. The molecule has 1 aromatic carbocycles. The standard InChI is InChI=1S/C24H31N3O4/c1-17-21(18(2)31-25-17)16-30-22-10-6-5-9-20(22)24(29)27-13-11-26(12-14-27)23(28)15-19-7-3-4-8-19/h5-6,9-10,19H,3-4,7-8,11-16H2,1-2H3. The van der Waals surface area contributed by atoms with Crippen LogP contribution in [0.1, 0.15) is 59.5 Å². The van der Waals surface area contributed by atoms with Crippen molar-refractivity contribution in [3.05, 3.63) is 46.8 Å². The Morgan fingerprint density at radius 2 is 1.74 bits per heavy atom. The van der Waals surface area contributed by atoms with Crippen molar-refractivity contribution >= 4 is 11.8 Å². The average Bonchev–Trinajstić information content (AvgIpc) is 3.41. The van der Waals surface area contributed by atoms with Crippen molar-refractivity contribution in [3.8, 4) is 5.75 Å². The number of aryl methyl sites for hydroxylation is 2. The minimum Gasteiger partial charge on any atom is -0.488 e. The summed E-state index contributed by atoms with van der Waals surface area (Å²) in [6.45, 7) is 6.32. The van der Waals surface area contributed by atoms with E-state index in [1.54, 1.807) is 6.07 Å². The molecule has 0 bridgehead atoms. The molecule has 2 heterocycles. The molecule has 1 aliphatic carbocycles. The highest BCUT2D eigenvalue weighted by molar-refractivity contribution is 5.97. The molecule has 0 radical (unpaired) electrons. The third-order valence-electron chi connectivity index (χ3n) is 6.53. The van der Waals surface area contributed by atoms with E-state index in [9.17, 15) is 9.59 Å². The molecule has 0 atom stereocenters. The molecule has 31 heavy (non-hydrogen) atoms. The topological polar surface area (TPSA) is 75.9 Å². The second kappa shape index (κ2) is 9.54. The van der Waals surface area contributed by atoms with Gasteiger partial charge in [-0.15, -0.1) is 0 Å². The van der Waals surface area contributed by atoms with Crippen molar-refractivity contribution in [1.29, 1.82) is 0 Å². The van der Waals surface area contributed by atoms with Gasteiger partial charge in [0.2, 0.25) is 5.91 Å². The summed E-state index contributed by atoms with van der Waals surface area (Å²) in [5, 5.41) is 3.95. The minimum atomic E-state index is -0.0581. The number of hydrogen-bond donors (Lipinski definition) is 0. The SMILES string of the molecule is Cc1noc(C)c1COc1ccccc1C(=O)N1CCN(C(=O)CC2CCCC2)CC1. The summed E-state index contributed by atoms with van der Waals surface area (Å²) in [5.74, 6) is 2.00. The smallest absolute Gasteiger partial charge is 0.257 e. The average molecular weight is 426 g/mol. The first-order valence-electron chi connectivity index (χ1n) is 11.2. The van der Waals surface area contributed by atoms with E-state index in [2.05, 4.69) is 5.16 Å². The predicted octanol–water partition coefficient (Wildman–Crippen LogP) is 3.74. The predicted molar refractivity (Wildman–Crippen MR) is 116 cm³/mol. The fraction of sp³-hybridized carbons (Fsp3) is 0.542. The first-order chi connectivity index (χ1) is 15.0. The number of hydrogen-bond acceptors (Lipinski definition) is 5. The van der Waals surface area contributed by atoms with Crippen molar-refractivity contribution < 1.29 is 18.8 Å².